The van der Waals surface area contributed by atoms with E-state index in [9.17, 15) is 0 Å². The van der Waals surface area contributed by atoms with Gasteiger partial charge in [-0.15, -0.1) is 0 Å². The SMILES string of the molecule is Cc1c(Cl)cccc1-c1ccc(CNCCCO)o1. The van der Waals surface area contributed by atoms with E-state index < -0.39 is 0 Å². The Morgan fingerprint density at radius 2 is 2.11 bits per heavy atom. The molecule has 0 aliphatic rings. The van der Waals surface area contributed by atoms with Crippen LogP contribution in [0.5, 0.6) is 0 Å². The summed E-state index contributed by atoms with van der Waals surface area (Å²) in [5, 5.41) is 12.7. The van der Waals surface area contributed by atoms with Crippen LogP contribution < -0.4 is 5.32 Å². The van der Waals surface area contributed by atoms with Crippen LogP contribution in [0.15, 0.2) is 34.7 Å². The van der Waals surface area contributed by atoms with Gasteiger partial charge in [-0.1, -0.05) is 23.7 Å². The Morgan fingerprint density at radius 1 is 1.26 bits per heavy atom. The van der Waals surface area contributed by atoms with Crippen LogP contribution in [0, 0.1) is 6.92 Å². The number of furan rings is 1. The van der Waals surface area contributed by atoms with Crippen molar-refractivity contribution in [2.24, 2.45) is 0 Å². The molecule has 0 spiro atoms. The van der Waals surface area contributed by atoms with Crippen LogP contribution in [0.4, 0.5) is 0 Å². The van der Waals surface area contributed by atoms with Crippen molar-refractivity contribution in [1.82, 2.24) is 5.32 Å². The Morgan fingerprint density at radius 3 is 2.89 bits per heavy atom. The molecule has 0 amide bonds. The van der Waals surface area contributed by atoms with Gasteiger partial charge in [0.1, 0.15) is 11.5 Å². The Labute approximate surface area is 118 Å². The van der Waals surface area contributed by atoms with E-state index >= 15 is 0 Å². The lowest BCUT2D eigenvalue weighted by Crippen LogP contribution is -2.15. The van der Waals surface area contributed by atoms with Crippen LogP contribution in [0.3, 0.4) is 0 Å². The third kappa shape index (κ3) is 3.60. The second-order valence-corrected chi connectivity index (χ2v) is 4.84. The highest BCUT2D eigenvalue weighted by Crippen LogP contribution is 2.29. The van der Waals surface area contributed by atoms with E-state index in [1.807, 2.05) is 37.3 Å². The first-order valence-electron chi connectivity index (χ1n) is 6.38. The van der Waals surface area contributed by atoms with Crippen LogP contribution >= 0.6 is 11.6 Å². The standard InChI is InChI=1S/C15H18ClNO2/c1-11-13(4-2-5-14(11)16)15-7-6-12(19-15)10-17-8-3-9-18/h2,4-7,17-18H,3,8-10H2,1H3. The molecule has 0 saturated heterocycles. The highest BCUT2D eigenvalue weighted by molar-refractivity contribution is 6.31. The van der Waals surface area contributed by atoms with Crippen molar-refractivity contribution >= 4 is 11.6 Å². The third-order valence-corrected chi connectivity index (χ3v) is 3.42. The number of halogens is 1. The number of nitrogens with one attached hydrogen (secondary N) is 1. The molecule has 2 N–H and O–H groups in total. The van der Waals surface area contributed by atoms with Crippen molar-refractivity contribution < 1.29 is 9.52 Å². The predicted octanol–water partition coefficient (Wildman–Crippen LogP) is 3.38. The summed E-state index contributed by atoms with van der Waals surface area (Å²) >= 11 is 6.11. The molecular weight excluding hydrogens is 262 g/mol. The normalized spacial score (nSPS) is 10.9. The molecule has 0 unspecified atom stereocenters. The minimum Gasteiger partial charge on any atom is -0.460 e. The van der Waals surface area contributed by atoms with Crippen LogP contribution in [0.25, 0.3) is 11.3 Å². The molecule has 4 heteroatoms. The maximum Gasteiger partial charge on any atom is 0.134 e. The molecule has 1 aromatic carbocycles. The van der Waals surface area contributed by atoms with E-state index in [0.29, 0.717) is 6.54 Å². The number of benzene rings is 1. The molecule has 0 radical (unpaired) electrons. The first-order valence-corrected chi connectivity index (χ1v) is 6.76. The third-order valence-electron chi connectivity index (χ3n) is 3.01. The molecule has 0 saturated carbocycles. The van der Waals surface area contributed by atoms with Gasteiger partial charge in [-0.25, -0.2) is 0 Å². The lowest BCUT2D eigenvalue weighted by molar-refractivity contribution is 0.285. The summed E-state index contributed by atoms with van der Waals surface area (Å²) in [7, 11) is 0. The smallest absolute Gasteiger partial charge is 0.134 e. The van der Waals surface area contributed by atoms with Crippen molar-refractivity contribution in [3.05, 3.63) is 46.7 Å². The van der Waals surface area contributed by atoms with Gasteiger partial charge in [-0.3, -0.25) is 0 Å². The number of hydrogen-bond acceptors (Lipinski definition) is 3. The quantitative estimate of drug-likeness (QED) is 0.797. The topological polar surface area (TPSA) is 45.4 Å². The molecule has 1 aromatic heterocycles. The molecule has 0 atom stereocenters. The lowest BCUT2D eigenvalue weighted by Gasteiger charge is -2.04. The Hall–Kier alpha value is -1.29. The van der Waals surface area contributed by atoms with E-state index in [0.717, 1.165) is 40.6 Å². The maximum atomic E-state index is 8.70. The van der Waals surface area contributed by atoms with Gasteiger partial charge in [-0.05, 0) is 43.7 Å². The number of rotatable bonds is 6. The van der Waals surface area contributed by atoms with E-state index in [2.05, 4.69) is 5.32 Å². The van der Waals surface area contributed by atoms with Gasteiger partial charge in [-0.2, -0.15) is 0 Å². The summed E-state index contributed by atoms with van der Waals surface area (Å²) in [6, 6.07) is 9.72. The molecule has 2 rings (SSSR count). The average Bonchev–Trinajstić information content (AvgIpc) is 2.87. The number of hydrogen-bond donors (Lipinski definition) is 2. The summed E-state index contributed by atoms with van der Waals surface area (Å²) < 4.78 is 5.80. The number of aliphatic hydroxyl groups excluding tert-OH is 1. The summed E-state index contributed by atoms with van der Waals surface area (Å²) in [5.41, 5.74) is 2.05. The zero-order valence-corrected chi connectivity index (χ0v) is 11.7. The largest absolute Gasteiger partial charge is 0.460 e. The molecule has 19 heavy (non-hydrogen) atoms. The van der Waals surface area contributed by atoms with Gasteiger partial charge in [0.25, 0.3) is 0 Å². The van der Waals surface area contributed by atoms with Crippen LogP contribution in [-0.2, 0) is 6.54 Å². The molecule has 102 valence electrons. The fraction of sp³-hybridized carbons (Fsp3) is 0.333. The molecule has 2 aromatic rings. The minimum atomic E-state index is 0.206. The summed E-state index contributed by atoms with van der Waals surface area (Å²) in [5.74, 6) is 1.71. The fourth-order valence-corrected chi connectivity index (χ4v) is 2.08. The number of aliphatic hydroxyl groups is 1. The first-order chi connectivity index (χ1) is 9.22. The van der Waals surface area contributed by atoms with E-state index in [4.69, 9.17) is 21.1 Å². The highest BCUT2D eigenvalue weighted by Gasteiger charge is 2.09. The van der Waals surface area contributed by atoms with Gasteiger partial charge >= 0.3 is 0 Å². The average molecular weight is 280 g/mol. The van der Waals surface area contributed by atoms with Crippen molar-refractivity contribution in [2.75, 3.05) is 13.2 Å². The molecule has 0 bridgehead atoms. The molecule has 3 nitrogen and oxygen atoms in total. The maximum absolute atomic E-state index is 8.70. The van der Waals surface area contributed by atoms with Crippen molar-refractivity contribution in [2.45, 2.75) is 19.9 Å². The Kier molecular flexibility index (Phi) is 5.02. The summed E-state index contributed by atoms with van der Waals surface area (Å²) in [6.07, 6.45) is 0.751. The van der Waals surface area contributed by atoms with Gasteiger partial charge in [0.15, 0.2) is 0 Å². The Bertz CT molecular complexity index is 537. The molecular formula is C15H18ClNO2. The second-order valence-electron chi connectivity index (χ2n) is 4.43. The van der Waals surface area contributed by atoms with Crippen molar-refractivity contribution in [3.63, 3.8) is 0 Å². The highest BCUT2D eigenvalue weighted by atomic mass is 35.5. The molecule has 0 aliphatic carbocycles. The summed E-state index contributed by atoms with van der Waals surface area (Å²) in [6.45, 7) is 3.64. The Balaban J connectivity index is 2.06. The molecule has 0 fully saturated rings. The molecule has 0 aliphatic heterocycles. The predicted molar refractivity (Wildman–Crippen MR) is 77.3 cm³/mol. The molecule has 1 heterocycles. The van der Waals surface area contributed by atoms with E-state index in [-0.39, 0.29) is 6.61 Å². The van der Waals surface area contributed by atoms with Crippen LogP contribution in [-0.4, -0.2) is 18.3 Å². The van der Waals surface area contributed by atoms with Gasteiger partial charge in [0.2, 0.25) is 0 Å². The zero-order chi connectivity index (χ0) is 13.7. The fourth-order valence-electron chi connectivity index (χ4n) is 1.91. The van der Waals surface area contributed by atoms with Gasteiger partial charge < -0.3 is 14.8 Å². The van der Waals surface area contributed by atoms with Crippen molar-refractivity contribution in [3.8, 4) is 11.3 Å². The van der Waals surface area contributed by atoms with Gasteiger partial charge in [0, 0.05) is 17.2 Å². The van der Waals surface area contributed by atoms with Crippen LogP contribution in [0.1, 0.15) is 17.7 Å². The van der Waals surface area contributed by atoms with Crippen LogP contribution in [0.2, 0.25) is 5.02 Å². The lowest BCUT2D eigenvalue weighted by atomic mass is 10.1. The summed E-state index contributed by atoms with van der Waals surface area (Å²) in [4.78, 5) is 0. The van der Waals surface area contributed by atoms with Crippen molar-refractivity contribution in [1.29, 1.82) is 0 Å². The van der Waals surface area contributed by atoms with Gasteiger partial charge in [0.05, 0.1) is 6.54 Å². The second kappa shape index (κ2) is 6.75. The first kappa shape index (κ1) is 14.1. The minimum absolute atomic E-state index is 0.206. The van der Waals surface area contributed by atoms with E-state index in [1.54, 1.807) is 0 Å². The van der Waals surface area contributed by atoms with E-state index in [1.165, 1.54) is 0 Å². The monoisotopic (exact) mass is 279 g/mol. The zero-order valence-electron chi connectivity index (χ0n) is 10.9.